The molecule has 1 aromatic carbocycles. The quantitative estimate of drug-likeness (QED) is 0.858. The predicted molar refractivity (Wildman–Crippen MR) is 94.5 cm³/mol. The van der Waals surface area contributed by atoms with Crippen LogP contribution >= 0.6 is 0 Å². The van der Waals surface area contributed by atoms with Crippen molar-refractivity contribution in [2.45, 2.75) is 44.2 Å². The lowest BCUT2D eigenvalue weighted by Gasteiger charge is -2.43. The summed E-state index contributed by atoms with van der Waals surface area (Å²) in [7, 11) is 0. The minimum absolute atomic E-state index is 0.0949. The summed E-state index contributed by atoms with van der Waals surface area (Å²) >= 11 is 0. The van der Waals surface area contributed by atoms with E-state index in [-0.39, 0.29) is 24.0 Å². The number of hydrogen-bond acceptors (Lipinski definition) is 5. The minimum atomic E-state index is -0.208. The smallest absolute Gasteiger partial charge is 0.251 e. The van der Waals surface area contributed by atoms with Crippen molar-refractivity contribution in [3.05, 3.63) is 23.8 Å². The van der Waals surface area contributed by atoms with Crippen LogP contribution in [0.5, 0.6) is 0 Å². The molecular formula is C18H23N5O3. The van der Waals surface area contributed by atoms with Crippen molar-refractivity contribution in [2.75, 3.05) is 19.7 Å². The number of aromatic amines is 1. The highest BCUT2D eigenvalue weighted by Crippen LogP contribution is 2.28. The zero-order valence-electron chi connectivity index (χ0n) is 14.6. The number of benzene rings is 1. The SMILES string of the molecule is O=C(NCCC(=O)N1CCOC2CCCCC21)c1ccc2n[nH]nc2c1. The molecule has 0 radical (unpaired) electrons. The summed E-state index contributed by atoms with van der Waals surface area (Å²) in [5.74, 6) is -0.113. The van der Waals surface area contributed by atoms with E-state index in [1.165, 1.54) is 6.42 Å². The van der Waals surface area contributed by atoms with E-state index < -0.39 is 0 Å². The molecule has 2 atom stereocenters. The molecule has 26 heavy (non-hydrogen) atoms. The van der Waals surface area contributed by atoms with Gasteiger partial charge in [0.05, 0.1) is 18.8 Å². The van der Waals surface area contributed by atoms with Gasteiger partial charge in [0.2, 0.25) is 5.91 Å². The van der Waals surface area contributed by atoms with Crippen LogP contribution in [0.3, 0.4) is 0 Å². The van der Waals surface area contributed by atoms with Gasteiger partial charge in [-0.05, 0) is 31.0 Å². The van der Waals surface area contributed by atoms with Gasteiger partial charge in [0.15, 0.2) is 0 Å². The van der Waals surface area contributed by atoms with Gasteiger partial charge < -0.3 is 15.0 Å². The fourth-order valence-corrected chi connectivity index (χ4v) is 3.92. The van der Waals surface area contributed by atoms with Crippen LogP contribution in [0.15, 0.2) is 18.2 Å². The van der Waals surface area contributed by atoms with E-state index in [1.807, 2.05) is 4.90 Å². The van der Waals surface area contributed by atoms with Crippen LogP contribution in [0.2, 0.25) is 0 Å². The Bertz CT molecular complexity index is 803. The van der Waals surface area contributed by atoms with Crippen molar-refractivity contribution in [3.8, 4) is 0 Å². The largest absolute Gasteiger partial charge is 0.374 e. The molecule has 2 unspecified atom stereocenters. The highest BCUT2D eigenvalue weighted by molar-refractivity contribution is 5.97. The fourth-order valence-electron chi connectivity index (χ4n) is 3.92. The first kappa shape index (κ1) is 17.0. The first-order valence-corrected chi connectivity index (χ1v) is 9.22. The molecule has 1 aliphatic carbocycles. The Morgan fingerprint density at radius 3 is 3.00 bits per heavy atom. The summed E-state index contributed by atoms with van der Waals surface area (Å²) in [4.78, 5) is 26.8. The maximum Gasteiger partial charge on any atom is 0.251 e. The van der Waals surface area contributed by atoms with E-state index in [2.05, 4.69) is 20.7 Å². The number of H-pyrrole nitrogens is 1. The van der Waals surface area contributed by atoms with Gasteiger partial charge in [0.1, 0.15) is 11.0 Å². The number of ether oxygens (including phenoxy) is 1. The number of nitrogens with zero attached hydrogens (tertiary/aromatic N) is 3. The Hall–Kier alpha value is -2.48. The first-order valence-electron chi connectivity index (χ1n) is 9.22. The molecule has 2 fully saturated rings. The molecule has 8 nitrogen and oxygen atoms in total. The maximum absolute atomic E-state index is 12.6. The van der Waals surface area contributed by atoms with E-state index in [4.69, 9.17) is 4.74 Å². The summed E-state index contributed by atoms with van der Waals surface area (Å²) < 4.78 is 5.81. The Morgan fingerprint density at radius 2 is 2.08 bits per heavy atom. The second-order valence-corrected chi connectivity index (χ2v) is 6.88. The lowest BCUT2D eigenvalue weighted by molar-refractivity contribution is -0.149. The maximum atomic E-state index is 12.6. The van der Waals surface area contributed by atoms with Gasteiger partial charge in [0, 0.05) is 25.1 Å². The Labute approximate surface area is 151 Å². The number of nitrogens with one attached hydrogen (secondary N) is 2. The highest BCUT2D eigenvalue weighted by Gasteiger charge is 2.36. The number of morpholine rings is 1. The van der Waals surface area contributed by atoms with E-state index in [0.717, 1.165) is 19.3 Å². The third-order valence-corrected chi connectivity index (χ3v) is 5.26. The van der Waals surface area contributed by atoms with Gasteiger partial charge in [-0.1, -0.05) is 12.8 Å². The lowest BCUT2D eigenvalue weighted by atomic mass is 9.90. The molecule has 1 aromatic heterocycles. The molecule has 2 aromatic rings. The Morgan fingerprint density at radius 1 is 1.23 bits per heavy atom. The third kappa shape index (κ3) is 3.41. The van der Waals surface area contributed by atoms with Gasteiger partial charge in [-0.3, -0.25) is 9.59 Å². The van der Waals surface area contributed by atoms with E-state index >= 15 is 0 Å². The van der Waals surface area contributed by atoms with Crippen LogP contribution in [0.25, 0.3) is 11.0 Å². The Balaban J connectivity index is 1.30. The highest BCUT2D eigenvalue weighted by atomic mass is 16.5. The number of rotatable bonds is 4. The topological polar surface area (TPSA) is 100 Å². The summed E-state index contributed by atoms with van der Waals surface area (Å²) in [5, 5.41) is 13.3. The van der Waals surface area contributed by atoms with Gasteiger partial charge in [-0.25, -0.2) is 0 Å². The zero-order chi connectivity index (χ0) is 17.9. The number of hydrogen-bond donors (Lipinski definition) is 2. The van der Waals surface area contributed by atoms with Gasteiger partial charge in [0.25, 0.3) is 5.91 Å². The molecule has 0 spiro atoms. The molecule has 8 heteroatoms. The average molecular weight is 357 g/mol. The number of aromatic nitrogens is 3. The third-order valence-electron chi connectivity index (χ3n) is 5.26. The standard InChI is InChI=1S/C18H23N5O3/c24-17(23-9-10-26-16-4-2-1-3-15(16)23)7-8-19-18(25)12-5-6-13-14(11-12)21-22-20-13/h5-6,11,15-16H,1-4,7-10H2,(H,19,25)(H,20,21,22). The van der Waals surface area contributed by atoms with Crippen LogP contribution in [0.1, 0.15) is 42.5 Å². The van der Waals surface area contributed by atoms with Crippen molar-refractivity contribution in [2.24, 2.45) is 0 Å². The Kier molecular flexibility index (Phi) is 4.83. The lowest BCUT2D eigenvalue weighted by Crippen LogP contribution is -2.55. The van der Waals surface area contributed by atoms with Gasteiger partial charge in [-0.2, -0.15) is 15.4 Å². The van der Waals surface area contributed by atoms with Crippen molar-refractivity contribution in [3.63, 3.8) is 0 Å². The van der Waals surface area contributed by atoms with Crippen LogP contribution in [0.4, 0.5) is 0 Å². The molecule has 2 amide bonds. The second-order valence-electron chi connectivity index (χ2n) is 6.88. The summed E-state index contributed by atoms with van der Waals surface area (Å²) in [5.41, 5.74) is 1.87. The summed E-state index contributed by atoms with van der Waals surface area (Å²) in [6.07, 6.45) is 4.87. The molecule has 2 heterocycles. The first-order chi connectivity index (χ1) is 12.7. The molecule has 2 aliphatic rings. The van der Waals surface area contributed by atoms with E-state index in [0.29, 0.717) is 42.7 Å². The van der Waals surface area contributed by atoms with Gasteiger partial charge >= 0.3 is 0 Å². The zero-order valence-corrected chi connectivity index (χ0v) is 14.6. The molecule has 0 bridgehead atoms. The molecular weight excluding hydrogens is 334 g/mol. The van der Waals surface area contributed by atoms with E-state index in [9.17, 15) is 9.59 Å². The number of carbonyl (C=O) groups is 2. The predicted octanol–water partition coefficient (Wildman–Crippen LogP) is 1.25. The summed E-state index contributed by atoms with van der Waals surface area (Å²) in [6.45, 7) is 1.58. The molecule has 4 rings (SSSR count). The number of carbonyl (C=O) groups excluding carboxylic acids is 2. The van der Waals surface area contributed by atoms with Crippen molar-refractivity contribution in [1.82, 2.24) is 25.6 Å². The molecule has 1 saturated carbocycles. The number of amides is 2. The van der Waals surface area contributed by atoms with Crippen LogP contribution in [-0.4, -0.2) is 64.0 Å². The van der Waals surface area contributed by atoms with Crippen LogP contribution < -0.4 is 5.32 Å². The molecule has 2 N–H and O–H groups in total. The van der Waals surface area contributed by atoms with Crippen LogP contribution in [0, 0.1) is 0 Å². The number of fused-ring (bicyclic) bond motifs is 2. The average Bonchev–Trinajstić information content (AvgIpc) is 3.15. The molecule has 138 valence electrons. The van der Waals surface area contributed by atoms with Crippen molar-refractivity contribution in [1.29, 1.82) is 0 Å². The fraction of sp³-hybridized carbons (Fsp3) is 0.556. The van der Waals surface area contributed by atoms with E-state index in [1.54, 1.807) is 18.2 Å². The molecule has 1 saturated heterocycles. The summed E-state index contributed by atoms with van der Waals surface area (Å²) in [6, 6.07) is 5.34. The monoisotopic (exact) mass is 357 g/mol. The second kappa shape index (κ2) is 7.41. The minimum Gasteiger partial charge on any atom is -0.374 e. The van der Waals surface area contributed by atoms with Crippen molar-refractivity contribution < 1.29 is 14.3 Å². The molecule has 1 aliphatic heterocycles. The van der Waals surface area contributed by atoms with Gasteiger partial charge in [-0.15, -0.1) is 0 Å². The normalized spacial score (nSPS) is 22.8. The van der Waals surface area contributed by atoms with Crippen LogP contribution in [-0.2, 0) is 9.53 Å². The van der Waals surface area contributed by atoms with Crippen molar-refractivity contribution >= 4 is 22.8 Å².